The first-order valence-electron chi connectivity index (χ1n) is 6.02. The van der Waals surface area contributed by atoms with Gasteiger partial charge in [-0.3, -0.25) is 10.1 Å². The lowest BCUT2D eigenvalue weighted by molar-refractivity contribution is -0.385. The van der Waals surface area contributed by atoms with Crippen LogP contribution < -0.4 is 9.64 Å². The summed E-state index contributed by atoms with van der Waals surface area (Å²) in [5.41, 5.74) is 0.691. The molecule has 0 bridgehead atoms. The molecule has 0 saturated carbocycles. The number of nitro benzene ring substituents is 1. The van der Waals surface area contributed by atoms with Crippen LogP contribution in [0.2, 0.25) is 0 Å². The van der Waals surface area contributed by atoms with Crippen LogP contribution in [0.5, 0.6) is 5.75 Å². The monoisotopic (exact) mass is 266 g/mol. The van der Waals surface area contributed by atoms with Crippen molar-refractivity contribution in [1.29, 1.82) is 0 Å². The van der Waals surface area contributed by atoms with E-state index in [9.17, 15) is 10.1 Å². The summed E-state index contributed by atoms with van der Waals surface area (Å²) in [4.78, 5) is 12.3. The van der Waals surface area contributed by atoms with Gasteiger partial charge in [0.05, 0.1) is 18.1 Å². The van der Waals surface area contributed by atoms with Crippen LogP contribution >= 0.6 is 0 Å². The molecule has 0 atom stereocenters. The van der Waals surface area contributed by atoms with Crippen LogP contribution in [0.1, 0.15) is 6.92 Å². The lowest BCUT2D eigenvalue weighted by Crippen LogP contribution is -2.26. The Hall–Kier alpha value is -2.08. The topological polar surface area (TPSA) is 75.8 Å². The molecule has 1 aromatic carbocycles. The van der Waals surface area contributed by atoms with Gasteiger partial charge >= 0.3 is 5.69 Å². The summed E-state index contributed by atoms with van der Waals surface area (Å²) < 4.78 is 5.29. The summed E-state index contributed by atoms with van der Waals surface area (Å²) in [7, 11) is 0. The van der Waals surface area contributed by atoms with Crippen molar-refractivity contribution in [1.82, 2.24) is 0 Å². The number of nitrogens with zero attached hydrogens (tertiary/aromatic N) is 2. The summed E-state index contributed by atoms with van der Waals surface area (Å²) in [6.45, 7) is 6.74. The highest BCUT2D eigenvalue weighted by Crippen LogP contribution is 2.31. The standard InChI is InChI=1S/C13H18N2O4/c1-3-7-14(8-9-16)11-5-6-12(15(17)18)13(10-11)19-4-2/h3,5-6,10,16H,1,4,7-9H2,2H3. The number of aliphatic hydroxyl groups is 1. The summed E-state index contributed by atoms with van der Waals surface area (Å²) in [6.07, 6.45) is 1.71. The fourth-order valence-electron chi connectivity index (χ4n) is 1.72. The molecule has 0 aliphatic rings. The van der Waals surface area contributed by atoms with Crippen LogP contribution in [-0.4, -0.2) is 36.3 Å². The number of anilines is 1. The summed E-state index contributed by atoms with van der Waals surface area (Å²) in [5, 5.41) is 19.9. The zero-order valence-corrected chi connectivity index (χ0v) is 10.9. The molecule has 6 heteroatoms. The minimum Gasteiger partial charge on any atom is -0.487 e. The third kappa shape index (κ3) is 3.96. The van der Waals surface area contributed by atoms with Gasteiger partial charge in [0.25, 0.3) is 0 Å². The SMILES string of the molecule is C=CCN(CCO)c1ccc([N+](=O)[O-])c(OCC)c1. The molecule has 0 unspecified atom stereocenters. The third-order valence-corrected chi connectivity index (χ3v) is 2.52. The number of aliphatic hydroxyl groups excluding tert-OH is 1. The van der Waals surface area contributed by atoms with Crippen LogP contribution in [0, 0.1) is 10.1 Å². The van der Waals surface area contributed by atoms with Gasteiger partial charge in [0.2, 0.25) is 0 Å². The molecular formula is C13H18N2O4. The number of benzene rings is 1. The Morgan fingerprint density at radius 2 is 2.32 bits per heavy atom. The number of hydrogen-bond donors (Lipinski definition) is 1. The maximum atomic E-state index is 10.9. The smallest absolute Gasteiger partial charge is 0.311 e. The summed E-state index contributed by atoms with van der Waals surface area (Å²) >= 11 is 0. The molecule has 0 aliphatic heterocycles. The fourth-order valence-corrected chi connectivity index (χ4v) is 1.72. The Bertz CT molecular complexity index is 448. The van der Waals surface area contributed by atoms with Gasteiger partial charge in [-0.05, 0) is 13.0 Å². The van der Waals surface area contributed by atoms with E-state index in [0.29, 0.717) is 19.7 Å². The first-order chi connectivity index (χ1) is 9.13. The number of ether oxygens (including phenoxy) is 1. The Labute approximate surface area is 112 Å². The zero-order valence-electron chi connectivity index (χ0n) is 10.9. The van der Waals surface area contributed by atoms with Crippen molar-refractivity contribution in [2.24, 2.45) is 0 Å². The van der Waals surface area contributed by atoms with Gasteiger partial charge in [-0.2, -0.15) is 0 Å². The predicted molar refractivity (Wildman–Crippen MR) is 73.8 cm³/mol. The molecule has 0 aromatic heterocycles. The van der Waals surface area contributed by atoms with E-state index in [1.165, 1.54) is 6.07 Å². The molecule has 1 rings (SSSR count). The third-order valence-electron chi connectivity index (χ3n) is 2.52. The normalized spacial score (nSPS) is 10.0. The van der Waals surface area contributed by atoms with Crippen LogP contribution in [0.4, 0.5) is 11.4 Å². The Balaban J connectivity index is 3.10. The largest absolute Gasteiger partial charge is 0.487 e. The fraction of sp³-hybridized carbons (Fsp3) is 0.385. The van der Waals surface area contributed by atoms with Crippen molar-refractivity contribution in [3.63, 3.8) is 0 Å². The van der Waals surface area contributed by atoms with Gasteiger partial charge in [0.15, 0.2) is 5.75 Å². The highest BCUT2D eigenvalue weighted by Gasteiger charge is 2.17. The van der Waals surface area contributed by atoms with Crippen molar-refractivity contribution >= 4 is 11.4 Å². The van der Waals surface area contributed by atoms with Crippen molar-refractivity contribution in [2.75, 3.05) is 31.2 Å². The first-order valence-corrected chi connectivity index (χ1v) is 6.02. The van der Waals surface area contributed by atoms with E-state index < -0.39 is 4.92 Å². The first kappa shape index (κ1) is 15.0. The van der Waals surface area contributed by atoms with E-state index in [1.54, 1.807) is 25.1 Å². The van der Waals surface area contributed by atoms with E-state index in [0.717, 1.165) is 5.69 Å². The lowest BCUT2D eigenvalue weighted by atomic mass is 10.2. The molecule has 0 saturated heterocycles. The number of nitro groups is 1. The van der Waals surface area contributed by atoms with Crippen molar-refractivity contribution < 1.29 is 14.8 Å². The van der Waals surface area contributed by atoms with Crippen molar-refractivity contribution in [2.45, 2.75) is 6.92 Å². The Morgan fingerprint density at radius 3 is 2.84 bits per heavy atom. The van der Waals surface area contributed by atoms with E-state index in [4.69, 9.17) is 9.84 Å². The molecule has 6 nitrogen and oxygen atoms in total. The highest BCUT2D eigenvalue weighted by molar-refractivity contribution is 5.59. The minimum absolute atomic E-state index is 0.00516. The second-order valence-corrected chi connectivity index (χ2v) is 3.80. The number of rotatable bonds is 8. The maximum Gasteiger partial charge on any atom is 0.311 e. The van der Waals surface area contributed by atoms with Gasteiger partial charge in [0.1, 0.15) is 0 Å². The highest BCUT2D eigenvalue weighted by atomic mass is 16.6. The van der Waals surface area contributed by atoms with Gasteiger partial charge in [-0.1, -0.05) is 6.08 Å². The molecule has 19 heavy (non-hydrogen) atoms. The van der Waals surface area contributed by atoms with E-state index in [1.807, 2.05) is 4.90 Å². The van der Waals surface area contributed by atoms with Crippen LogP contribution in [0.25, 0.3) is 0 Å². The van der Waals surface area contributed by atoms with Gasteiger partial charge < -0.3 is 14.7 Å². The second kappa shape index (κ2) is 7.38. The molecular weight excluding hydrogens is 248 g/mol. The molecule has 0 amide bonds. The maximum absolute atomic E-state index is 10.9. The average molecular weight is 266 g/mol. The second-order valence-electron chi connectivity index (χ2n) is 3.80. The van der Waals surface area contributed by atoms with Gasteiger partial charge in [-0.25, -0.2) is 0 Å². The molecule has 0 spiro atoms. The van der Waals surface area contributed by atoms with Crippen molar-refractivity contribution in [3.05, 3.63) is 41.0 Å². The van der Waals surface area contributed by atoms with Gasteiger partial charge in [-0.15, -0.1) is 6.58 Å². The van der Waals surface area contributed by atoms with Crippen LogP contribution in [-0.2, 0) is 0 Å². The van der Waals surface area contributed by atoms with E-state index in [-0.39, 0.29) is 18.0 Å². The molecule has 1 N–H and O–H groups in total. The van der Waals surface area contributed by atoms with E-state index in [2.05, 4.69) is 6.58 Å². The zero-order chi connectivity index (χ0) is 14.3. The molecule has 104 valence electrons. The minimum atomic E-state index is -0.474. The van der Waals surface area contributed by atoms with E-state index >= 15 is 0 Å². The lowest BCUT2D eigenvalue weighted by Gasteiger charge is -2.22. The van der Waals surface area contributed by atoms with Crippen LogP contribution in [0.15, 0.2) is 30.9 Å². The summed E-state index contributed by atoms with van der Waals surface area (Å²) in [5.74, 6) is 0.233. The van der Waals surface area contributed by atoms with Crippen LogP contribution in [0.3, 0.4) is 0 Å². The summed E-state index contributed by atoms with van der Waals surface area (Å²) in [6, 6.07) is 4.66. The van der Waals surface area contributed by atoms with Crippen molar-refractivity contribution in [3.8, 4) is 5.75 Å². The van der Waals surface area contributed by atoms with Gasteiger partial charge in [0, 0.05) is 30.9 Å². The molecule has 0 fully saturated rings. The molecule has 1 aromatic rings. The average Bonchev–Trinajstić information content (AvgIpc) is 2.38. The Kier molecular flexibility index (Phi) is 5.81. The molecule has 0 aliphatic carbocycles. The Morgan fingerprint density at radius 1 is 1.58 bits per heavy atom. The molecule has 0 radical (unpaired) electrons. The molecule has 0 heterocycles. The predicted octanol–water partition coefficient (Wildman–Crippen LogP) is 1.98. The quantitative estimate of drug-likeness (QED) is 0.442. The number of hydrogen-bond acceptors (Lipinski definition) is 5.